The van der Waals surface area contributed by atoms with Gasteiger partial charge in [0.1, 0.15) is 22.9 Å². The lowest BCUT2D eigenvalue weighted by molar-refractivity contribution is -0.117. The van der Waals surface area contributed by atoms with Gasteiger partial charge in [-0.25, -0.2) is 4.98 Å². The van der Waals surface area contributed by atoms with Crippen molar-refractivity contribution in [2.75, 3.05) is 5.32 Å². The van der Waals surface area contributed by atoms with E-state index in [0.29, 0.717) is 5.82 Å². The largest absolute Gasteiger partial charge is 0.469 e. The molecule has 1 aliphatic rings. The highest BCUT2D eigenvalue weighted by molar-refractivity contribution is 5.98. The van der Waals surface area contributed by atoms with Gasteiger partial charge in [0, 0.05) is 36.0 Å². The average Bonchev–Trinajstić information content (AvgIpc) is 3.13. The number of nitrogens with zero attached hydrogens (tertiary/aromatic N) is 3. The van der Waals surface area contributed by atoms with E-state index in [1.807, 2.05) is 53.1 Å². The molecule has 2 atom stereocenters. The fourth-order valence-corrected chi connectivity index (χ4v) is 3.34. The van der Waals surface area contributed by atoms with Gasteiger partial charge in [-0.05, 0) is 42.8 Å². The molecule has 5 rings (SSSR count). The number of hydrogen-bond donors (Lipinski definition) is 1. The zero-order valence-corrected chi connectivity index (χ0v) is 13.9. The number of rotatable bonds is 4. The number of imidazole rings is 1. The van der Waals surface area contributed by atoms with E-state index in [9.17, 15) is 4.79 Å². The molecule has 0 radical (unpaired) electrons. The summed E-state index contributed by atoms with van der Waals surface area (Å²) < 4.78 is 7.33. The van der Waals surface area contributed by atoms with Gasteiger partial charge in [0.25, 0.3) is 0 Å². The maximum Gasteiger partial charge on any atom is 0.229 e. The van der Waals surface area contributed by atoms with Crippen molar-refractivity contribution in [1.82, 2.24) is 14.4 Å². The van der Waals surface area contributed by atoms with Crippen LogP contribution in [0.4, 0.5) is 5.82 Å². The fraction of sp³-hybridized carbons (Fsp3) is 0.150. The Morgan fingerprint density at radius 3 is 2.85 bits per heavy atom. The van der Waals surface area contributed by atoms with Crippen LogP contribution in [0.5, 0.6) is 0 Å². The van der Waals surface area contributed by atoms with Crippen molar-refractivity contribution in [2.45, 2.75) is 12.3 Å². The van der Waals surface area contributed by atoms with Gasteiger partial charge in [0.05, 0.1) is 6.26 Å². The summed E-state index contributed by atoms with van der Waals surface area (Å²) in [6.07, 6.45) is 7.80. The molecule has 0 saturated heterocycles. The lowest BCUT2D eigenvalue weighted by atomic mass is 10.2. The molecule has 0 spiro atoms. The molecule has 0 unspecified atom stereocenters. The third-order valence-electron chi connectivity index (χ3n) is 4.76. The fourth-order valence-electron chi connectivity index (χ4n) is 3.34. The monoisotopic (exact) mass is 344 g/mol. The zero-order chi connectivity index (χ0) is 17.5. The Hall–Kier alpha value is -3.41. The van der Waals surface area contributed by atoms with Gasteiger partial charge < -0.3 is 9.73 Å². The summed E-state index contributed by atoms with van der Waals surface area (Å²) in [5, 5.41) is 3.09. The molecule has 4 aromatic rings. The Labute approximate surface area is 149 Å². The molecule has 4 heterocycles. The maximum absolute atomic E-state index is 12.8. The van der Waals surface area contributed by atoms with Crippen molar-refractivity contribution < 1.29 is 9.21 Å². The number of aromatic nitrogens is 3. The minimum atomic E-state index is -0.0688. The first kappa shape index (κ1) is 14.9. The molecule has 1 amide bonds. The standard InChI is InChI=1S/C20H16N4O2/c25-20(15-12-14(15)16-4-3-11-26-16)23-19-18(13-6-8-21-9-7-13)22-17-5-1-2-10-24(17)19/h1-11,14-15H,12H2,(H,23,25)/t14-,15+/m0/s1. The summed E-state index contributed by atoms with van der Waals surface area (Å²) in [7, 11) is 0. The molecule has 26 heavy (non-hydrogen) atoms. The number of pyridine rings is 2. The van der Waals surface area contributed by atoms with Crippen LogP contribution in [0, 0.1) is 5.92 Å². The van der Waals surface area contributed by atoms with Crippen LogP contribution < -0.4 is 5.32 Å². The van der Waals surface area contributed by atoms with E-state index in [1.165, 1.54) is 0 Å². The quantitative estimate of drug-likeness (QED) is 0.612. The molecule has 6 heteroatoms. The zero-order valence-electron chi connectivity index (χ0n) is 13.9. The van der Waals surface area contributed by atoms with Crippen molar-refractivity contribution in [3.63, 3.8) is 0 Å². The number of anilines is 1. The number of fused-ring (bicyclic) bond motifs is 1. The van der Waals surface area contributed by atoms with Crippen molar-refractivity contribution in [2.24, 2.45) is 5.92 Å². The number of carbonyl (C=O) groups excluding carboxylic acids is 1. The normalized spacial score (nSPS) is 18.8. The van der Waals surface area contributed by atoms with Gasteiger partial charge >= 0.3 is 0 Å². The van der Waals surface area contributed by atoms with Crippen LogP contribution in [0.1, 0.15) is 18.1 Å². The molecule has 128 valence electrons. The molecule has 1 saturated carbocycles. The number of hydrogen-bond acceptors (Lipinski definition) is 4. The summed E-state index contributed by atoms with van der Waals surface area (Å²) in [5.74, 6) is 1.64. The van der Waals surface area contributed by atoms with Crippen LogP contribution in [0.15, 0.2) is 71.7 Å². The second-order valence-electron chi connectivity index (χ2n) is 6.43. The molecule has 1 N–H and O–H groups in total. The second-order valence-corrected chi connectivity index (χ2v) is 6.43. The van der Waals surface area contributed by atoms with Crippen LogP contribution >= 0.6 is 0 Å². The number of furan rings is 1. The first-order valence-electron chi connectivity index (χ1n) is 8.53. The number of amides is 1. The molecule has 0 aromatic carbocycles. The Balaban J connectivity index is 1.49. The highest BCUT2D eigenvalue weighted by Crippen LogP contribution is 2.48. The van der Waals surface area contributed by atoms with Crippen molar-refractivity contribution >= 4 is 17.4 Å². The van der Waals surface area contributed by atoms with Gasteiger partial charge in [-0.1, -0.05) is 6.07 Å². The van der Waals surface area contributed by atoms with E-state index in [4.69, 9.17) is 4.42 Å². The van der Waals surface area contributed by atoms with Crippen LogP contribution in [0.25, 0.3) is 16.9 Å². The van der Waals surface area contributed by atoms with Crippen molar-refractivity contribution in [3.05, 3.63) is 73.1 Å². The summed E-state index contributed by atoms with van der Waals surface area (Å²) in [6.45, 7) is 0. The molecule has 4 aromatic heterocycles. The molecular weight excluding hydrogens is 328 g/mol. The highest BCUT2D eigenvalue weighted by atomic mass is 16.3. The lowest BCUT2D eigenvalue weighted by Gasteiger charge is -2.07. The topological polar surface area (TPSA) is 72.4 Å². The number of carbonyl (C=O) groups is 1. The first-order valence-corrected chi connectivity index (χ1v) is 8.53. The molecule has 0 aliphatic heterocycles. The summed E-state index contributed by atoms with van der Waals surface area (Å²) in [6, 6.07) is 13.3. The first-order chi connectivity index (χ1) is 12.8. The third kappa shape index (κ3) is 2.47. The maximum atomic E-state index is 12.8. The molecule has 6 nitrogen and oxygen atoms in total. The Morgan fingerprint density at radius 2 is 2.04 bits per heavy atom. The van der Waals surface area contributed by atoms with E-state index in [1.54, 1.807) is 18.7 Å². The Kier molecular flexibility index (Phi) is 3.35. The van der Waals surface area contributed by atoms with E-state index < -0.39 is 0 Å². The lowest BCUT2D eigenvalue weighted by Crippen LogP contribution is -2.16. The highest BCUT2D eigenvalue weighted by Gasteiger charge is 2.46. The predicted octanol–water partition coefficient (Wildman–Crippen LogP) is 3.73. The summed E-state index contributed by atoms with van der Waals surface area (Å²) in [5.41, 5.74) is 2.44. The van der Waals surface area contributed by atoms with Crippen molar-refractivity contribution in [3.8, 4) is 11.3 Å². The van der Waals surface area contributed by atoms with E-state index in [2.05, 4.69) is 15.3 Å². The van der Waals surface area contributed by atoms with Gasteiger partial charge in [-0.3, -0.25) is 14.2 Å². The molecular formula is C20H16N4O2. The van der Waals surface area contributed by atoms with Crippen molar-refractivity contribution in [1.29, 1.82) is 0 Å². The second kappa shape index (κ2) is 5.84. The third-order valence-corrected chi connectivity index (χ3v) is 4.76. The summed E-state index contributed by atoms with van der Waals surface area (Å²) >= 11 is 0. The summed E-state index contributed by atoms with van der Waals surface area (Å²) in [4.78, 5) is 21.5. The van der Waals surface area contributed by atoms with Crippen LogP contribution in [-0.4, -0.2) is 20.3 Å². The van der Waals surface area contributed by atoms with Gasteiger partial charge in [0.15, 0.2) is 0 Å². The number of nitrogens with one attached hydrogen (secondary N) is 1. The van der Waals surface area contributed by atoms with Crippen LogP contribution in [-0.2, 0) is 4.79 Å². The van der Waals surface area contributed by atoms with E-state index in [0.717, 1.165) is 29.1 Å². The molecule has 0 bridgehead atoms. The van der Waals surface area contributed by atoms with Gasteiger partial charge in [-0.2, -0.15) is 0 Å². The van der Waals surface area contributed by atoms with Crippen LogP contribution in [0.3, 0.4) is 0 Å². The molecule has 1 fully saturated rings. The van der Waals surface area contributed by atoms with Gasteiger partial charge in [-0.15, -0.1) is 0 Å². The van der Waals surface area contributed by atoms with E-state index >= 15 is 0 Å². The molecule has 1 aliphatic carbocycles. The SMILES string of the molecule is O=C(Nc1c(-c2ccncc2)nc2ccccn12)[C@@H]1C[C@@H]1c1ccco1. The van der Waals surface area contributed by atoms with Gasteiger partial charge in [0.2, 0.25) is 5.91 Å². The van der Waals surface area contributed by atoms with E-state index in [-0.39, 0.29) is 17.7 Å². The minimum Gasteiger partial charge on any atom is -0.469 e. The minimum absolute atomic E-state index is 0.00707. The predicted molar refractivity (Wildman–Crippen MR) is 96.6 cm³/mol. The average molecular weight is 344 g/mol. The smallest absolute Gasteiger partial charge is 0.229 e. The Bertz CT molecular complexity index is 1070. The Morgan fingerprint density at radius 1 is 1.15 bits per heavy atom. The van der Waals surface area contributed by atoms with Crippen LogP contribution in [0.2, 0.25) is 0 Å².